The molecule has 17 heavy (non-hydrogen) atoms. The van der Waals surface area contributed by atoms with Crippen LogP contribution in [-0.4, -0.2) is 28.5 Å². The van der Waals surface area contributed by atoms with Crippen molar-refractivity contribution in [3.63, 3.8) is 0 Å². The molecule has 0 fully saturated rings. The first-order valence-corrected chi connectivity index (χ1v) is 5.93. The lowest BCUT2D eigenvalue weighted by atomic mass is 10.3. The maximum atomic E-state index is 11.6. The molecule has 1 heterocycles. The zero-order valence-electron chi connectivity index (χ0n) is 10.7. The van der Waals surface area contributed by atoms with Crippen LogP contribution in [0.1, 0.15) is 31.8 Å². The van der Waals surface area contributed by atoms with Crippen LogP contribution in [0.5, 0.6) is 0 Å². The molecule has 0 radical (unpaired) electrons. The largest absolute Gasteiger partial charge is 0.355 e. The topological polar surface area (TPSA) is 66.9 Å². The van der Waals surface area contributed by atoms with Gasteiger partial charge in [-0.3, -0.25) is 4.79 Å². The molecule has 1 atom stereocenters. The number of carbonyl (C=O) groups is 1. The van der Waals surface area contributed by atoms with Gasteiger partial charge in [0.15, 0.2) is 0 Å². The molecular formula is C12H20N4O. The Bertz CT molecular complexity index is 367. The fourth-order valence-electron chi connectivity index (χ4n) is 1.36. The Hall–Kier alpha value is -1.49. The Morgan fingerprint density at radius 3 is 2.94 bits per heavy atom. The number of hydrogen-bond donors (Lipinski definition) is 2. The van der Waals surface area contributed by atoms with E-state index in [2.05, 4.69) is 20.6 Å². The molecule has 0 bridgehead atoms. The summed E-state index contributed by atoms with van der Waals surface area (Å²) in [5.74, 6) is 0.769. The number of carbonyl (C=O) groups excluding carboxylic acids is 1. The number of nitrogens with one attached hydrogen (secondary N) is 2. The lowest BCUT2D eigenvalue weighted by Gasteiger charge is -2.13. The second kappa shape index (κ2) is 6.96. The molecule has 0 spiro atoms. The van der Waals surface area contributed by atoms with Crippen molar-refractivity contribution in [2.75, 3.05) is 6.54 Å². The van der Waals surface area contributed by atoms with Gasteiger partial charge in [0.2, 0.25) is 5.91 Å². The van der Waals surface area contributed by atoms with Gasteiger partial charge < -0.3 is 10.6 Å². The first kappa shape index (κ1) is 13.6. The summed E-state index contributed by atoms with van der Waals surface area (Å²) in [5, 5.41) is 5.98. The summed E-state index contributed by atoms with van der Waals surface area (Å²) in [6, 6.07) is 1.63. The highest BCUT2D eigenvalue weighted by Gasteiger charge is 2.11. The second-order valence-electron chi connectivity index (χ2n) is 3.99. The Kier molecular flexibility index (Phi) is 5.56. The van der Waals surface area contributed by atoms with Crippen molar-refractivity contribution in [2.45, 2.75) is 39.8 Å². The van der Waals surface area contributed by atoms with Gasteiger partial charge in [-0.1, -0.05) is 6.92 Å². The summed E-state index contributed by atoms with van der Waals surface area (Å²) in [5.41, 5.74) is 0.896. The third-order valence-corrected chi connectivity index (χ3v) is 2.37. The summed E-state index contributed by atoms with van der Waals surface area (Å²) in [6.07, 6.45) is 2.67. The highest BCUT2D eigenvalue weighted by atomic mass is 16.2. The molecule has 94 valence electrons. The number of amides is 1. The van der Waals surface area contributed by atoms with Crippen molar-refractivity contribution in [2.24, 2.45) is 0 Å². The molecule has 1 unspecified atom stereocenters. The molecule has 0 aliphatic rings. The first-order chi connectivity index (χ1) is 8.13. The lowest BCUT2D eigenvalue weighted by Crippen LogP contribution is -2.42. The van der Waals surface area contributed by atoms with E-state index in [-0.39, 0.29) is 11.9 Å². The average molecular weight is 236 g/mol. The number of nitrogens with zero attached hydrogens (tertiary/aromatic N) is 2. The van der Waals surface area contributed by atoms with E-state index in [0.717, 1.165) is 24.5 Å². The number of hydrogen-bond acceptors (Lipinski definition) is 4. The monoisotopic (exact) mass is 236 g/mol. The van der Waals surface area contributed by atoms with Gasteiger partial charge in [0, 0.05) is 19.3 Å². The summed E-state index contributed by atoms with van der Waals surface area (Å²) in [7, 11) is 0. The van der Waals surface area contributed by atoms with Crippen molar-refractivity contribution in [3.05, 3.63) is 23.8 Å². The maximum absolute atomic E-state index is 11.6. The molecule has 0 saturated carbocycles. The Labute approximate surface area is 102 Å². The fourth-order valence-corrected chi connectivity index (χ4v) is 1.36. The molecule has 5 nitrogen and oxygen atoms in total. The van der Waals surface area contributed by atoms with E-state index < -0.39 is 0 Å². The zero-order chi connectivity index (χ0) is 12.7. The van der Waals surface area contributed by atoms with Gasteiger partial charge in [-0.2, -0.15) is 0 Å². The smallest absolute Gasteiger partial charge is 0.236 e. The zero-order valence-corrected chi connectivity index (χ0v) is 10.7. The van der Waals surface area contributed by atoms with E-state index >= 15 is 0 Å². The molecule has 5 heteroatoms. The Morgan fingerprint density at radius 1 is 1.53 bits per heavy atom. The van der Waals surface area contributed by atoms with Gasteiger partial charge >= 0.3 is 0 Å². The van der Waals surface area contributed by atoms with E-state index in [9.17, 15) is 4.79 Å². The van der Waals surface area contributed by atoms with Crippen LogP contribution in [0.15, 0.2) is 12.3 Å². The SMILES string of the molecule is CCCNC(=O)C(C)NCc1ccnc(C)n1. The minimum Gasteiger partial charge on any atom is -0.355 e. The molecule has 0 saturated heterocycles. The normalized spacial score (nSPS) is 12.2. The predicted octanol–water partition coefficient (Wildman–Crippen LogP) is 0.789. The molecule has 0 aromatic carbocycles. The predicted molar refractivity (Wildman–Crippen MR) is 66.4 cm³/mol. The minimum absolute atomic E-state index is 0.0256. The van der Waals surface area contributed by atoms with Crippen LogP contribution in [0.2, 0.25) is 0 Å². The van der Waals surface area contributed by atoms with E-state index in [1.165, 1.54) is 0 Å². The fraction of sp³-hybridized carbons (Fsp3) is 0.583. The number of aryl methyl sites for hydroxylation is 1. The summed E-state index contributed by atoms with van der Waals surface area (Å²) < 4.78 is 0. The highest BCUT2D eigenvalue weighted by molar-refractivity contribution is 5.81. The van der Waals surface area contributed by atoms with E-state index in [0.29, 0.717) is 6.54 Å². The van der Waals surface area contributed by atoms with Crippen LogP contribution >= 0.6 is 0 Å². The van der Waals surface area contributed by atoms with Crippen molar-refractivity contribution >= 4 is 5.91 Å². The third kappa shape index (κ3) is 4.91. The summed E-state index contributed by atoms with van der Waals surface area (Å²) in [6.45, 7) is 7.02. The summed E-state index contributed by atoms with van der Waals surface area (Å²) in [4.78, 5) is 19.9. The van der Waals surface area contributed by atoms with Gasteiger partial charge in [0.1, 0.15) is 5.82 Å². The maximum Gasteiger partial charge on any atom is 0.236 e. The minimum atomic E-state index is -0.211. The molecule has 1 amide bonds. The van der Waals surface area contributed by atoms with Crippen LogP contribution in [-0.2, 0) is 11.3 Å². The van der Waals surface area contributed by atoms with Gasteiger partial charge in [0.25, 0.3) is 0 Å². The van der Waals surface area contributed by atoms with E-state index in [1.807, 2.05) is 26.8 Å². The van der Waals surface area contributed by atoms with Crippen LogP contribution in [0.4, 0.5) is 0 Å². The molecule has 1 rings (SSSR count). The first-order valence-electron chi connectivity index (χ1n) is 5.93. The van der Waals surface area contributed by atoms with Gasteiger partial charge in [-0.05, 0) is 26.3 Å². The lowest BCUT2D eigenvalue weighted by molar-refractivity contribution is -0.122. The highest BCUT2D eigenvalue weighted by Crippen LogP contribution is 1.95. The Balaban J connectivity index is 2.37. The van der Waals surface area contributed by atoms with Crippen molar-refractivity contribution in [1.29, 1.82) is 0 Å². The van der Waals surface area contributed by atoms with Gasteiger partial charge in [-0.25, -0.2) is 9.97 Å². The van der Waals surface area contributed by atoms with E-state index in [1.54, 1.807) is 6.20 Å². The molecule has 2 N–H and O–H groups in total. The van der Waals surface area contributed by atoms with Crippen LogP contribution in [0.3, 0.4) is 0 Å². The van der Waals surface area contributed by atoms with Crippen LogP contribution in [0.25, 0.3) is 0 Å². The van der Waals surface area contributed by atoms with Crippen LogP contribution < -0.4 is 10.6 Å². The molecular weight excluding hydrogens is 216 g/mol. The second-order valence-corrected chi connectivity index (χ2v) is 3.99. The molecule has 1 aromatic rings. The van der Waals surface area contributed by atoms with Gasteiger partial charge in [0.05, 0.1) is 11.7 Å². The molecule has 1 aromatic heterocycles. The number of rotatable bonds is 6. The standard InChI is InChI=1S/C12H20N4O/c1-4-6-14-12(17)9(2)15-8-11-5-7-13-10(3)16-11/h5,7,9,15H,4,6,8H2,1-3H3,(H,14,17). The van der Waals surface area contributed by atoms with E-state index in [4.69, 9.17) is 0 Å². The van der Waals surface area contributed by atoms with Crippen molar-refractivity contribution in [1.82, 2.24) is 20.6 Å². The van der Waals surface area contributed by atoms with Crippen LogP contribution in [0, 0.1) is 6.92 Å². The summed E-state index contributed by atoms with van der Waals surface area (Å²) >= 11 is 0. The molecule has 0 aliphatic carbocycles. The quantitative estimate of drug-likeness (QED) is 0.766. The third-order valence-electron chi connectivity index (χ3n) is 2.37. The van der Waals surface area contributed by atoms with Gasteiger partial charge in [-0.15, -0.1) is 0 Å². The molecule has 0 aliphatic heterocycles. The average Bonchev–Trinajstić information content (AvgIpc) is 2.33. The van der Waals surface area contributed by atoms with Crippen molar-refractivity contribution in [3.8, 4) is 0 Å². The number of aromatic nitrogens is 2. The Morgan fingerprint density at radius 2 is 2.29 bits per heavy atom. The van der Waals surface area contributed by atoms with Crippen molar-refractivity contribution < 1.29 is 4.79 Å².